The van der Waals surface area contributed by atoms with Crippen molar-refractivity contribution in [2.45, 2.75) is 26.1 Å². The van der Waals surface area contributed by atoms with Gasteiger partial charge in [-0.3, -0.25) is 0 Å². The maximum absolute atomic E-state index is 13.7. The number of benzene rings is 1. The van der Waals surface area contributed by atoms with Crippen LogP contribution in [0.1, 0.15) is 24.2 Å². The van der Waals surface area contributed by atoms with E-state index in [0.717, 1.165) is 0 Å². The molecule has 0 radical (unpaired) electrons. The lowest BCUT2D eigenvalue weighted by molar-refractivity contribution is -0.00534. The van der Waals surface area contributed by atoms with Gasteiger partial charge in [-0.15, -0.1) is 0 Å². The molecule has 0 aliphatic carbocycles. The van der Waals surface area contributed by atoms with E-state index in [9.17, 15) is 9.18 Å². The number of anilines is 1. The summed E-state index contributed by atoms with van der Waals surface area (Å²) in [5.74, 6) is -1.09. The highest BCUT2D eigenvalue weighted by Gasteiger charge is 2.28. The van der Waals surface area contributed by atoms with Gasteiger partial charge in [0.15, 0.2) is 0 Å². The number of carbonyl (C=O) groups is 1. The first-order chi connectivity index (χ1) is 9.43. The molecule has 1 heterocycles. The molecular formula is C14H17ClFNO3. The maximum atomic E-state index is 13.7. The van der Waals surface area contributed by atoms with E-state index >= 15 is 0 Å². The molecule has 110 valence electrons. The number of ether oxygens (including phenoxy) is 2. The quantitative estimate of drug-likeness (QED) is 0.787. The summed E-state index contributed by atoms with van der Waals surface area (Å²) in [5, 5.41) is -0.0609. The molecule has 0 bridgehead atoms. The first-order valence-corrected chi connectivity index (χ1v) is 6.78. The second-order valence-electron chi connectivity index (χ2n) is 4.91. The van der Waals surface area contributed by atoms with Crippen molar-refractivity contribution < 1.29 is 18.7 Å². The molecule has 2 rings (SSSR count). The third-order valence-electron chi connectivity index (χ3n) is 3.21. The number of rotatable bonds is 2. The van der Waals surface area contributed by atoms with E-state index in [-0.39, 0.29) is 22.8 Å². The standard InChI is InChI=1S/C14H17ClFNO3/c1-8-6-17(7-9(2)20-8)13-10(14(18)19-3)4-5-11(16)12(13)15/h4-5,8-9H,6-7H2,1-3H3. The van der Waals surface area contributed by atoms with E-state index < -0.39 is 11.8 Å². The van der Waals surface area contributed by atoms with Crippen molar-refractivity contribution in [2.24, 2.45) is 0 Å². The molecule has 1 aromatic carbocycles. The molecule has 4 nitrogen and oxygen atoms in total. The Morgan fingerprint density at radius 3 is 2.55 bits per heavy atom. The van der Waals surface area contributed by atoms with Crippen molar-refractivity contribution in [1.82, 2.24) is 0 Å². The molecule has 0 amide bonds. The van der Waals surface area contributed by atoms with Gasteiger partial charge in [0.05, 0.1) is 30.6 Å². The van der Waals surface area contributed by atoms with Crippen molar-refractivity contribution in [2.75, 3.05) is 25.1 Å². The highest BCUT2D eigenvalue weighted by Crippen LogP contribution is 2.34. The van der Waals surface area contributed by atoms with Crippen LogP contribution < -0.4 is 4.90 Å². The van der Waals surface area contributed by atoms with E-state index in [0.29, 0.717) is 18.8 Å². The molecule has 2 atom stereocenters. The van der Waals surface area contributed by atoms with Crippen molar-refractivity contribution >= 4 is 23.3 Å². The predicted octanol–water partition coefficient (Wildman–Crippen LogP) is 2.88. The highest BCUT2D eigenvalue weighted by atomic mass is 35.5. The Labute approximate surface area is 122 Å². The number of carbonyl (C=O) groups excluding carboxylic acids is 1. The third kappa shape index (κ3) is 2.88. The molecule has 1 fully saturated rings. The second kappa shape index (κ2) is 5.97. The molecule has 0 N–H and O–H groups in total. The molecule has 20 heavy (non-hydrogen) atoms. The van der Waals surface area contributed by atoms with Crippen molar-refractivity contribution in [3.63, 3.8) is 0 Å². The van der Waals surface area contributed by atoms with Crippen LogP contribution in [-0.2, 0) is 9.47 Å². The van der Waals surface area contributed by atoms with Gasteiger partial charge in [0, 0.05) is 13.1 Å². The topological polar surface area (TPSA) is 38.8 Å². The third-order valence-corrected chi connectivity index (χ3v) is 3.57. The zero-order valence-corrected chi connectivity index (χ0v) is 12.4. The van der Waals surface area contributed by atoms with Crippen LogP contribution in [-0.4, -0.2) is 38.4 Å². The lowest BCUT2D eigenvalue weighted by Crippen LogP contribution is -2.46. The van der Waals surface area contributed by atoms with Gasteiger partial charge in [0.25, 0.3) is 0 Å². The molecule has 0 spiro atoms. The normalized spacial score (nSPS) is 22.8. The summed E-state index contributed by atoms with van der Waals surface area (Å²) in [6, 6.07) is 2.57. The zero-order valence-electron chi connectivity index (χ0n) is 11.7. The summed E-state index contributed by atoms with van der Waals surface area (Å²) >= 11 is 6.06. The Morgan fingerprint density at radius 1 is 1.40 bits per heavy atom. The van der Waals surface area contributed by atoms with Crippen LogP contribution in [0.4, 0.5) is 10.1 Å². The van der Waals surface area contributed by atoms with Crippen LogP contribution in [0.25, 0.3) is 0 Å². The molecule has 2 unspecified atom stereocenters. The molecule has 1 aliphatic rings. The second-order valence-corrected chi connectivity index (χ2v) is 5.29. The minimum Gasteiger partial charge on any atom is -0.465 e. The Balaban J connectivity index is 2.47. The van der Waals surface area contributed by atoms with Crippen LogP contribution in [0.5, 0.6) is 0 Å². The first kappa shape index (κ1) is 15.1. The van der Waals surface area contributed by atoms with Crippen molar-refractivity contribution in [3.05, 3.63) is 28.5 Å². The Bertz CT molecular complexity index is 513. The summed E-state index contributed by atoms with van der Waals surface area (Å²) in [6.45, 7) is 4.93. The number of halogens is 2. The summed E-state index contributed by atoms with van der Waals surface area (Å²) in [7, 11) is 1.29. The molecular weight excluding hydrogens is 285 g/mol. The highest BCUT2D eigenvalue weighted by molar-refractivity contribution is 6.34. The number of esters is 1. The van der Waals surface area contributed by atoms with E-state index in [1.807, 2.05) is 18.7 Å². The Hall–Kier alpha value is -1.33. The van der Waals surface area contributed by atoms with E-state index in [1.165, 1.54) is 19.2 Å². The van der Waals surface area contributed by atoms with Gasteiger partial charge in [-0.2, -0.15) is 0 Å². The molecule has 1 saturated heterocycles. The smallest absolute Gasteiger partial charge is 0.340 e. The fourth-order valence-corrected chi connectivity index (χ4v) is 2.77. The lowest BCUT2D eigenvalue weighted by Gasteiger charge is -2.37. The van der Waals surface area contributed by atoms with Crippen LogP contribution in [0, 0.1) is 5.82 Å². The van der Waals surface area contributed by atoms with Gasteiger partial charge < -0.3 is 14.4 Å². The SMILES string of the molecule is COC(=O)c1ccc(F)c(Cl)c1N1CC(C)OC(C)C1. The predicted molar refractivity (Wildman–Crippen MR) is 75.0 cm³/mol. The summed E-state index contributed by atoms with van der Waals surface area (Å²) in [5.41, 5.74) is 0.640. The van der Waals surface area contributed by atoms with Gasteiger partial charge in [0.1, 0.15) is 10.8 Å². The molecule has 6 heteroatoms. The van der Waals surface area contributed by atoms with Gasteiger partial charge in [0.2, 0.25) is 0 Å². The summed E-state index contributed by atoms with van der Waals surface area (Å²) < 4.78 is 24.1. The first-order valence-electron chi connectivity index (χ1n) is 6.40. The van der Waals surface area contributed by atoms with Crippen LogP contribution in [0.3, 0.4) is 0 Å². The van der Waals surface area contributed by atoms with Crippen LogP contribution in [0.15, 0.2) is 12.1 Å². The number of hydrogen-bond acceptors (Lipinski definition) is 4. The average Bonchev–Trinajstić information content (AvgIpc) is 2.39. The number of hydrogen-bond donors (Lipinski definition) is 0. The van der Waals surface area contributed by atoms with E-state index in [2.05, 4.69) is 0 Å². The van der Waals surface area contributed by atoms with Crippen molar-refractivity contribution in [3.8, 4) is 0 Å². The van der Waals surface area contributed by atoms with Gasteiger partial charge >= 0.3 is 5.97 Å². The van der Waals surface area contributed by atoms with E-state index in [4.69, 9.17) is 21.1 Å². The minimum atomic E-state index is -0.555. The Kier molecular flexibility index (Phi) is 4.50. The number of methoxy groups -OCH3 is 1. The number of nitrogens with zero attached hydrogens (tertiary/aromatic N) is 1. The average molecular weight is 302 g/mol. The molecule has 0 aromatic heterocycles. The van der Waals surface area contributed by atoms with Gasteiger partial charge in [-0.1, -0.05) is 11.6 Å². The lowest BCUT2D eigenvalue weighted by atomic mass is 10.1. The molecule has 1 aromatic rings. The summed E-state index contributed by atoms with van der Waals surface area (Å²) in [6.07, 6.45) is -0.0489. The van der Waals surface area contributed by atoms with Crippen LogP contribution in [0.2, 0.25) is 5.02 Å². The molecule has 1 aliphatic heterocycles. The van der Waals surface area contributed by atoms with Gasteiger partial charge in [-0.25, -0.2) is 9.18 Å². The maximum Gasteiger partial charge on any atom is 0.340 e. The minimum absolute atomic E-state index is 0.0245. The Morgan fingerprint density at radius 2 is 2.00 bits per heavy atom. The summed E-state index contributed by atoms with van der Waals surface area (Å²) in [4.78, 5) is 13.7. The fourth-order valence-electron chi connectivity index (χ4n) is 2.48. The van der Waals surface area contributed by atoms with Crippen molar-refractivity contribution in [1.29, 1.82) is 0 Å². The number of morpholine rings is 1. The zero-order chi connectivity index (χ0) is 14.9. The van der Waals surface area contributed by atoms with Gasteiger partial charge in [-0.05, 0) is 26.0 Å². The molecule has 0 saturated carbocycles. The monoisotopic (exact) mass is 301 g/mol. The fraction of sp³-hybridized carbons (Fsp3) is 0.500. The largest absolute Gasteiger partial charge is 0.465 e. The van der Waals surface area contributed by atoms with Crippen LogP contribution >= 0.6 is 11.6 Å². The van der Waals surface area contributed by atoms with E-state index in [1.54, 1.807) is 0 Å².